The van der Waals surface area contributed by atoms with Gasteiger partial charge in [0.15, 0.2) is 5.76 Å². The first-order valence-electron chi connectivity index (χ1n) is 8.80. The van der Waals surface area contributed by atoms with Crippen LogP contribution < -0.4 is 9.64 Å². The zero-order valence-corrected chi connectivity index (χ0v) is 15.0. The number of hydrogen-bond acceptors (Lipinski definition) is 6. The highest BCUT2D eigenvalue weighted by Gasteiger charge is 2.25. The molecule has 0 unspecified atom stereocenters. The van der Waals surface area contributed by atoms with E-state index in [1.807, 2.05) is 35.2 Å². The van der Waals surface area contributed by atoms with Gasteiger partial charge < -0.3 is 19.0 Å². The van der Waals surface area contributed by atoms with Crippen LogP contribution in [0.2, 0.25) is 0 Å². The van der Waals surface area contributed by atoms with Gasteiger partial charge in [0, 0.05) is 32.4 Å². The summed E-state index contributed by atoms with van der Waals surface area (Å²) in [6.07, 6.45) is 3.35. The fourth-order valence-corrected chi connectivity index (χ4v) is 3.16. The van der Waals surface area contributed by atoms with Crippen molar-refractivity contribution in [3.05, 3.63) is 60.5 Å². The summed E-state index contributed by atoms with van der Waals surface area (Å²) in [5.74, 6) is 1.94. The molecule has 7 heteroatoms. The molecule has 7 nitrogen and oxygen atoms in total. The molecule has 0 bridgehead atoms. The third-order valence-electron chi connectivity index (χ3n) is 4.60. The Bertz CT molecular complexity index is 918. The Hall–Kier alpha value is -3.35. The van der Waals surface area contributed by atoms with Crippen molar-refractivity contribution in [3.63, 3.8) is 0 Å². The molecule has 1 aliphatic heterocycles. The molecule has 0 aliphatic carbocycles. The molecule has 27 heavy (non-hydrogen) atoms. The van der Waals surface area contributed by atoms with E-state index in [-0.39, 0.29) is 5.91 Å². The van der Waals surface area contributed by atoms with Gasteiger partial charge in [-0.3, -0.25) is 4.79 Å². The number of benzene rings is 1. The van der Waals surface area contributed by atoms with Crippen LogP contribution >= 0.6 is 0 Å². The number of methoxy groups -OCH3 is 1. The van der Waals surface area contributed by atoms with Gasteiger partial charge in [0.05, 0.1) is 18.9 Å². The average molecular weight is 364 g/mol. The Kier molecular flexibility index (Phi) is 4.74. The summed E-state index contributed by atoms with van der Waals surface area (Å²) in [7, 11) is 1.58. The minimum Gasteiger partial charge on any atom is -0.496 e. The van der Waals surface area contributed by atoms with E-state index >= 15 is 0 Å². The molecule has 0 N–H and O–H groups in total. The number of carbonyl (C=O) groups is 1. The zero-order valence-electron chi connectivity index (χ0n) is 15.0. The number of nitrogens with zero attached hydrogens (tertiary/aromatic N) is 4. The predicted octanol–water partition coefficient (Wildman–Crippen LogP) is 2.71. The third kappa shape index (κ3) is 3.48. The Morgan fingerprint density at radius 3 is 2.63 bits per heavy atom. The molecule has 1 saturated heterocycles. The Balaban J connectivity index is 1.45. The van der Waals surface area contributed by atoms with Gasteiger partial charge in [-0.05, 0) is 30.3 Å². The van der Waals surface area contributed by atoms with E-state index in [0.29, 0.717) is 49.2 Å². The highest BCUT2D eigenvalue weighted by molar-refractivity contribution is 5.97. The second-order valence-corrected chi connectivity index (χ2v) is 6.20. The third-order valence-corrected chi connectivity index (χ3v) is 4.60. The van der Waals surface area contributed by atoms with Gasteiger partial charge in [-0.25, -0.2) is 9.97 Å². The SMILES string of the molecule is COc1ccccc1C(=O)N1CCN(c2nccc(-c3ccco3)n2)CC1. The molecule has 0 spiro atoms. The van der Waals surface area contributed by atoms with Crippen molar-refractivity contribution in [1.82, 2.24) is 14.9 Å². The summed E-state index contributed by atoms with van der Waals surface area (Å²) in [4.78, 5) is 25.7. The lowest BCUT2D eigenvalue weighted by Gasteiger charge is -2.35. The highest BCUT2D eigenvalue weighted by atomic mass is 16.5. The van der Waals surface area contributed by atoms with E-state index in [2.05, 4.69) is 14.9 Å². The number of aromatic nitrogens is 2. The second kappa shape index (κ2) is 7.49. The number of hydrogen-bond donors (Lipinski definition) is 0. The van der Waals surface area contributed by atoms with Crippen molar-refractivity contribution in [3.8, 4) is 17.2 Å². The van der Waals surface area contributed by atoms with E-state index in [0.717, 1.165) is 5.69 Å². The van der Waals surface area contributed by atoms with Crippen LogP contribution in [0.4, 0.5) is 5.95 Å². The van der Waals surface area contributed by atoms with Gasteiger partial charge >= 0.3 is 0 Å². The van der Waals surface area contributed by atoms with Gasteiger partial charge in [0.25, 0.3) is 5.91 Å². The summed E-state index contributed by atoms with van der Waals surface area (Å²) in [6.45, 7) is 2.54. The summed E-state index contributed by atoms with van der Waals surface area (Å²) in [5, 5.41) is 0. The van der Waals surface area contributed by atoms with Crippen molar-refractivity contribution >= 4 is 11.9 Å². The lowest BCUT2D eigenvalue weighted by Crippen LogP contribution is -2.49. The van der Waals surface area contributed by atoms with Gasteiger partial charge in [-0.15, -0.1) is 0 Å². The van der Waals surface area contributed by atoms with Crippen LogP contribution in [0.3, 0.4) is 0 Å². The molecule has 3 heterocycles. The molecule has 1 aromatic carbocycles. The summed E-state index contributed by atoms with van der Waals surface area (Å²) < 4.78 is 10.7. The van der Waals surface area contributed by atoms with Crippen LogP contribution in [0, 0.1) is 0 Å². The average Bonchev–Trinajstić information content (AvgIpc) is 3.28. The minimum absolute atomic E-state index is 0.0163. The number of amides is 1. The van der Waals surface area contributed by atoms with Crippen molar-refractivity contribution in [2.75, 3.05) is 38.2 Å². The lowest BCUT2D eigenvalue weighted by molar-refractivity contribution is 0.0743. The van der Waals surface area contributed by atoms with E-state index < -0.39 is 0 Å². The van der Waals surface area contributed by atoms with Crippen LogP contribution in [0.1, 0.15) is 10.4 Å². The quantitative estimate of drug-likeness (QED) is 0.709. The summed E-state index contributed by atoms with van der Waals surface area (Å²) in [5.41, 5.74) is 1.34. The number of rotatable bonds is 4. The van der Waals surface area contributed by atoms with Crippen molar-refractivity contribution in [1.29, 1.82) is 0 Å². The number of carbonyl (C=O) groups excluding carboxylic acids is 1. The van der Waals surface area contributed by atoms with E-state index in [4.69, 9.17) is 9.15 Å². The molecule has 1 aliphatic rings. The van der Waals surface area contributed by atoms with Gasteiger partial charge in [0.1, 0.15) is 11.4 Å². The highest BCUT2D eigenvalue weighted by Crippen LogP contribution is 2.22. The largest absolute Gasteiger partial charge is 0.496 e. The summed E-state index contributed by atoms with van der Waals surface area (Å²) in [6, 6.07) is 12.8. The first-order valence-corrected chi connectivity index (χ1v) is 8.80. The number of para-hydroxylation sites is 1. The lowest BCUT2D eigenvalue weighted by atomic mass is 10.1. The molecular weight excluding hydrogens is 344 g/mol. The van der Waals surface area contributed by atoms with E-state index in [9.17, 15) is 4.79 Å². The first kappa shape index (κ1) is 17.1. The molecule has 0 atom stereocenters. The summed E-state index contributed by atoms with van der Waals surface area (Å²) >= 11 is 0. The monoisotopic (exact) mass is 364 g/mol. The number of piperazine rings is 1. The number of anilines is 1. The molecule has 138 valence electrons. The van der Waals surface area contributed by atoms with Crippen LogP contribution in [0.15, 0.2) is 59.3 Å². The molecule has 1 fully saturated rings. The van der Waals surface area contributed by atoms with E-state index in [1.165, 1.54) is 0 Å². The smallest absolute Gasteiger partial charge is 0.257 e. The molecular formula is C20H20N4O3. The van der Waals surface area contributed by atoms with Gasteiger partial charge in [-0.2, -0.15) is 0 Å². The normalized spacial score (nSPS) is 14.3. The second-order valence-electron chi connectivity index (χ2n) is 6.20. The number of ether oxygens (including phenoxy) is 1. The Labute approximate surface area is 157 Å². The molecule has 1 amide bonds. The fourth-order valence-electron chi connectivity index (χ4n) is 3.16. The standard InChI is InChI=1S/C20H20N4O3/c1-26-17-6-3-2-5-15(17)19(25)23-10-12-24(13-11-23)20-21-9-8-16(22-20)18-7-4-14-27-18/h2-9,14H,10-13H2,1H3. The first-order chi connectivity index (χ1) is 13.3. The maximum Gasteiger partial charge on any atom is 0.257 e. The Morgan fingerprint density at radius 1 is 1.07 bits per heavy atom. The van der Waals surface area contributed by atoms with Crippen LogP contribution in [0.5, 0.6) is 5.75 Å². The molecule has 0 saturated carbocycles. The van der Waals surface area contributed by atoms with Crippen molar-refractivity contribution < 1.29 is 13.9 Å². The minimum atomic E-state index is -0.0163. The molecule has 3 aromatic rings. The van der Waals surface area contributed by atoms with Crippen LogP contribution in [0.25, 0.3) is 11.5 Å². The fraction of sp³-hybridized carbons (Fsp3) is 0.250. The molecule has 4 rings (SSSR count). The molecule has 0 radical (unpaired) electrons. The van der Waals surface area contributed by atoms with Crippen LogP contribution in [-0.2, 0) is 0 Å². The van der Waals surface area contributed by atoms with Crippen molar-refractivity contribution in [2.24, 2.45) is 0 Å². The molecule has 2 aromatic heterocycles. The van der Waals surface area contributed by atoms with Gasteiger partial charge in [-0.1, -0.05) is 12.1 Å². The number of furan rings is 1. The van der Waals surface area contributed by atoms with Crippen molar-refractivity contribution in [2.45, 2.75) is 0 Å². The maximum atomic E-state index is 12.8. The van der Waals surface area contributed by atoms with Crippen LogP contribution in [-0.4, -0.2) is 54.1 Å². The maximum absolute atomic E-state index is 12.8. The zero-order chi connectivity index (χ0) is 18.6. The Morgan fingerprint density at radius 2 is 1.89 bits per heavy atom. The van der Waals surface area contributed by atoms with E-state index in [1.54, 1.807) is 31.7 Å². The van der Waals surface area contributed by atoms with Gasteiger partial charge in [0.2, 0.25) is 5.95 Å². The topological polar surface area (TPSA) is 71.7 Å². The predicted molar refractivity (Wildman–Crippen MR) is 101 cm³/mol.